The van der Waals surface area contributed by atoms with Gasteiger partial charge in [0.2, 0.25) is 0 Å². The third-order valence-electron chi connectivity index (χ3n) is 4.66. The smallest absolute Gasteiger partial charge is 0.0822 e. The molecule has 25 heavy (non-hydrogen) atoms. The number of benzene rings is 1. The molecule has 1 aromatic carbocycles. The van der Waals surface area contributed by atoms with Crippen molar-refractivity contribution < 1.29 is 9.47 Å². The van der Waals surface area contributed by atoms with Gasteiger partial charge in [-0.2, -0.15) is 11.8 Å². The quantitative estimate of drug-likeness (QED) is 0.506. The summed E-state index contributed by atoms with van der Waals surface area (Å²) in [5.74, 6) is 1.02. The van der Waals surface area contributed by atoms with Gasteiger partial charge in [0.25, 0.3) is 0 Å². The van der Waals surface area contributed by atoms with Crippen molar-refractivity contribution in [1.29, 1.82) is 0 Å². The van der Waals surface area contributed by atoms with E-state index in [1.165, 1.54) is 44.3 Å². The predicted molar refractivity (Wildman–Crippen MR) is 109 cm³/mol. The summed E-state index contributed by atoms with van der Waals surface area (Å²) < 4.78 is 11.3. The number of hydrogen-bond donors (Lipinski definition) is 0. The maximum atomic E-state index is 6.17. The van der Waals surface area contributed by atoms with Crippen LogP contribution in [0.2, 0.25) is 5.02 Å². The van der Waals surface area contributed by atoms with Crippen LogP contribution in [-0.2, 0) is 15.2 Å². The summed E-state index contributed by atoms with van der Waals surface area (Å²) in [4.78, 5) is 2.58. The average molecular weight is 386 g/mol. The maximum absolute atomic E-state index is 6.17. The molecule has 0 spiro atoms. The molecule has 1 aliphatic rings. The van der Waals surface area contributed by atoms with E-state index in [2.05, 4.69) is 24.0 Å². The molecule has 0 aliphatic carbocycles. The van der Waals surface area contributed by atoms with Crippen molar-refractivity contribution in [3.63, 3.8) is 0 Å². The van der Waals surface area contributed by atoms with Gasteiger partial charge in [-0.15, -0.1) is 0 Å². The van der Waals surface area contributed by atoms with Gasteiger partial charge in [-0.1, -0.05) is 43.5 Å². The maximum Gasteiger partial charge on any atom is 0.0822 e. The van der Waals surface area contributed by atoms with E-state index >= 15 is 0 Å². The number of halogens is 1. The van der Waals surface area contributed by atoms with Crippen molar-refractivity contribution in [2.45, 2.75) is 49.7 Å². The predicted octanol–water partition coefficient (Wildman–Crippen LogP) is 4.87. The summed E-state index contributed by atoms with van der Waals surface area (Å²) in [5.41, 5.74) is 1.33. The zero-order valence-corrected chi connectivity index (χ0v) is 17.2. The first-order chi connectivity index (χ1) is 12.2. The van der Waals surface area contributed by atoms with E-state index in [-0.39, 0.29) is 0 Å². The van der Waals surface area contributed by atoms with Gasteiger partial charge >= 0.3 is 0 Å². The van der Waals surface area contributed by atoms with Crippen molar-refractivity contribution in [2.24, 2.45) is 0 Å². The number of hydrogen-bond acceptors (Lipinski definition) is 4. The second-order valence-corrected chi connectivity index (χ2v) is 8.34. The van der Waals surface area contributed by atoms with Crippen LogP contribution in [0.15, 0.2) is 24.3 Å². The highest BCUT2D eigenvalue weighted by molar-refractivity contribution is 7.99. The Morgan fingerprint density at radius 3 is 2.72 bits per heavy atom. The van der Waals surface area contributed by atoms with E-state index < -0.39 is 0 Å². The van der Waals surface area contributed by atoms with Crippen molar-refractivity contribution >= 4 is 23.4 Å². The molecule has 0 unspecified atom stereocenters. The van der Waals surface area contributed by atoms with Gasteiger partial charge in [0.05, 0.1) is 19.3 Å². The van der Waals surface area contributed by atoms with Gasteiger partial charge in [-0.25, -0.2) is 0 Å². The molecule has 0 saturated carbocycles. The zero-order valence-electron chi connectivity index (χ0n) is 15.6. The Morgan fingerprint density at radius 1 is 1.20 bits per heavy atom. The summed E-state index contributed by atoms with van der Waals surface area (Å²) in [6.45, 7) is 7.05. The number of thioether (sulfide) groups is 1. The summed E-state index contributed by atoms with van der Waals surface area (Å²) in [5, 5.41) is 1.35. The van der Waals surface area contributed by atoms with Crippen LogP contribution in [0, 0.1) is 0 Å². The molecular formula is C20H32ClNO2S. The molecule has 0 radical (unpaired) electrons. The highest BCUT2D eigenvalue weighted by Crippen LogP contribution is 2.29. The number of methoxy groups -OCH3 is 1. The lowest BCUT2D eigenvalue weighted by Gasteiger charge is -2.38. The van der Waals surface area contributed by atoms with Crippen LogP contribution in [0.4, 0.5) is 0 Å². The van der Waals surface area contributed by atoms with Crippen molar-refractivity contribution in [2.75, 3.05) is 40.0 Å². The van der Waals surface area contributed by atoms with E-state index in [9.17, 15) is 0 Å². The van der Waals surface area contributed by atoms with E-state index in [0.29, 0.717) is 24.6 Å². The first-order valence-electron chi connectivity index (χ1n) is 9.42. The van der Waals surface area contributed by atoms with Gasteiger partial charge in [0, 0.05) is 29.7 Å². The minimum atomic E-state index is 0.294. The molecule has 1 heterocycles. The molecule has 3 nitrogen and oxygen atoms in total. The molecule has 1 aliphatic heterocycles. The largest absolute Gasteiger partial charge is 0.382 e. The van der Waals surface area contributed by atoms with Crippen molar-refractivity contribution in [3.05, 3.63) is 34.9 Å². The summed E-state index contributed by atoms with van der Waals surface area (Å²) in [7, 11) is 1.73. The van der Waals surface area contributed by atoms with Crippen LogP contribution in [0.25, 0.3) is 0 Å². The summed E-state index contributed by atoms with van der Waals surface area (Å²) in [6.07, 6.45) is 5.39. The fraction of sp³-hybridized carbons (Fsp3) is 0.700. The lowest BCUT2D eigenvalue weighted by atomic mass is 10.1. The molecular weight excluding hydrogens is 354 g/mol. The molecule has 5 heteroatoms. The van der Waals surface area contributed by atoms with E-state index in [1.54, 1.807) is 7.11 Å². The van der Waals surface area contributed by atoms with Crippen LogP contribution in [0.3, 0.4) is 0 Å². The molecule has 1 aromatic rings. The van der Waals surface area contributed by atoms with Crippen LogP contribution < -0.4 is 0 Å². The Hall–Kier alpha value is -0.260. The molecule has 0 bridgehead atoms. The fourth-order valence-corrected chi connectivity index (χ4v) is 4.54. The third kappa shape index (κ3) is 7.88. The SMILES string of the molecule is CCCCCN1CC[C@H](SCc2ccc(Cl)cc2)[C@@H](OCCOC)C1. The van der Waals surface area contributed by atoms with Crippen LogP contribution >= 0.6 is 23.4 Å². The minimum absolute atomic E-state index is 0.294. The lowest BCUT2D eigenvalue weighted by Crippen LogP contribution is -2.47. The summed E-state index contributed by atoms with van der Waals surface area (Å²) in [6, 6.07) is 8.19. The number of likely N-dealkylation sites (tertiary alicyclic amines) is 1. The van der Waals surface area contributed by atoms with Gasteiger partial charge in [-0.05, 0) is 43.6 Å². The highest BCUT2D eigenvalue weighted by atomic mass is 35.5. The average Bonchev–Trinajstić information content (AvgIpc) is 2.63. The number of rotatable bonds is 11. The van der Waals surface area contributed by atoms with E-state index in [1.807, 2.05) is 23.9 Å². The Kier molecular flexibility index (Phi) is 10.3. The minimum Gasteiger partial charge on any atom is -0.382 e. The number of piperidine rings is 1. The molecule has 0 amide bonds. The van der Waals surface area contributed by atoms with Gasteiger partial charge < -0.3 is 14.4 Å². The summed E-state index contributed by atoms with van der Waals surface area (Å²) >= 11 is 8.00. The monoisotopic (exact) mass is 385 g/mol. The number of ether oxygens (including phenoxy) is 2. The van der Waals surface area contributed by atoms with Crippen molar-refractivity contribution in [1.82, 2.24) is 4.90 Å². The van der Waals surface area contributed by atoms with Gasteiger partial charge in [0.15, 0.2) is 0 Å². The van der Waals surface area contributed by atoms with Crippen LogP contribution in [0.1, 0.15) is 38.2 Å². The zero-order chi connectivity index (χ0) is 17.9. The normalized spacial score (nSPS) is 21.6. The van der Waals surface area contributed by atoms with Crippen LogP contribution in [0.5, 0.6) is 0 Å². The molecule has 0 aromatic heterocycles. The van der Waals surface area contributed by atoms with Gasteiger partial charge in [0.1, 0.15) is 0 Å². The number of nitrogens with zero attached hydrogens (tertiary/aromatic N) is 1. The second kappa shape index (κ2) is 12.2. The molecule has 1 fully saturated rings. The molecule has 142 valence electrons. The Balaban J connectivity index is 1.84. The van der Waals surface area contributed by atoms with Gasteiger partial charge in [-0.3, -0.25) is 0 Å². The standard InChI is InChI=1S/C20H32ClNO2S/c1-3-4-5-11-22-12-10-20(19(15-22)24-14-13-23-2)25-16-17-6-8-18(21)9-7-17/h6-9,19-20H,3-5,10-16H2,1-2H3/t19-,20-/m0/s1. The Morgan fingerprint density at radius 2 is 2.00 bits per heavy atom. The number of unbranched alkanes of at least 4 members (excludes halogenated alkanes) is 2. The Labute approximate surface area is 162 Å². The first kappa shape index (κ1) is 21.0. The molecule has 1 saturated heterocycles. The van der Waals surface area contributed by atoms with Crippen molar-refractivity contribution in [3.8, 4) is 0 Å². The van der Waals surface area contributed by atoms with E-state index in [0.717, 1.165) is 17.3 Å². The lowest BCUT2D eigenvalue weighted by molar-refractivity contribution is -0.0172. The second-order valence-electron chi connectivity index (χ2n) is 6.67. The van der Waals surface area contributed by atoms with Crippen LogP contribution in [-0.4, -0.2) is 56.2 Å². The topological polar surface area (TPSA) is 21.7 Å². The van der Waals surface area contributed by atoms with E-state index in [4.69, 9.17) is 21.1 Å². The third-order valence-corrected chi connectivity index (χ3v) is 6.38. The fourth-order valence-electron chi connectivity index (χ4n) is 3.16. The molecule has 2 atom stereocenters. The molecule has 2 rings (SSSR count). The Bertz CT molecular complexity index is 471. The molecule has 0 N–H and O–H groups in total. The highest BCUT2D eigenvalue weighted by Gasteiger charge is 2.30. The first-order valence-corrected chi connectivity index (χ1v) is 10.8.